The maximum atomic E-state index is 11.4. The lowest BCUT2D eigenvalue weighted by atomic mass is 10.1. The first-order valence-corrected chi connectivity index (χ1v) is 7.40. The first-order valence-electron chi connectivity index (χ1n) is 6.99. The van der Waals surface area contributed by atoms with E-state index in [1.54, 1.807) is 42.9 Å². The van der Waals surface area contributed by atoms with Gasteiger partial charge in [-0.05, 0) is 42.0 Å². The topological polar surface area (TPSA) is 85.2 Å². The fourth-order valence-electron chi connectivity index (χ4n) is 2.03. The largest absolute Gasteiger partial charge is 0.465 e. The minimum atomic E-state index is -0.380. The molecular weight excluding hydrogens is 326 g/mol. The number of hydrogen-bond donors (Lipinski definition) is 1. The Morgan fingerprint density at radius 1 is 1.33 bits per heavy atom. The third kappa shape index (κ3) is 3.28. The van der Waals surface area contributed by atoms with Crippen molar-refractivity contribution in [2.45, 2.75) is 0 Å². The predicted octanol–water partition coefficient (Wildman–Crippen LogP) is 2.67. The van der Waals surface area contributed by atoms with Crippen molar-refractivity contribution in [3.05, 3.63) is 64.7 Å². The van der Waals surface area contributed by atoms with E-state index < -0.39 is 0 Å². The third-order valence-electron chi connectivity index (χ3n) is 3.22. The van der Waals surface area contributed by atoms with Crippen LogP contribution in [-0.4, -0.2) is 39.2 Å². The number of nitrogens with one attached hydrogen (secondary N) is 1. The first kappa shape index (κ1) is 15.8. The van der Waals surface area contributed by atoms with Crippen LogP contribution in [0.25, 0.3) is 11.4 Å². The average Bonchev–Trinajstić information content (AvgIpc) is 3.01. The van der Waals surface area contributed by atoms with E-state index in [1.807, 2.05) is 12.1 Å². The molecule has 2 aromatic heterocycles. The molecule has 0 aliphatic rings. The summed E-state index contributed by atoms with van der Waals surface area (Å²) in [5.74, 6) is 0.185. The predicted molar refractivity (Wildman–Crippen MR) is 91.4 cm³/mol. The SMILES string of the molecule is COC(=O)c1ccc(/C=N\n2c(-c3cccnc3)n[nH]c2=S)cc1. The zero-order valence-corrected chi connectivity index (χ0v) is 13.5. The Morgan fingerprint density at radius 3 is 2.79 bits per heavy atom. The van der Waals surface area contributed by atoms with Crippen LogP contribution in [0.5, 0.6) is 0 Å². The summed E-state index contributed by atoms with van der Waals surface area (Å²) in [6.07, 6.45) is 5.00. The number of hydrogen-bond acceptors (Lipinski definition) is 6. The van der Waals surface area contributed by atoms with Crippen molar-refractivity contribution in [2.24, 2.45) is 5.10 Å². The fraction of sp³-hybridized carbons (Fsp3) is 0.0625. The summed E-state index contributed by atoms with van der Waals surface area (Å²) in [6.45, 7) is 0. The normalized spacial score (nSPS) is 10.9. The maximum absolute atomic E-state index is 11.4. The van der Waals surface area contributed by atoms with E-state index in [1.165, 1.54) is 11.8 Å². The molecule has 3 aromatic rings. The first-order chi connectivity index (χ1) is 11.7. The van der Waals surface area contributed by atoms with E-state index in [-0.39, 0.29) is 5.97 Å². The Balaban J connectivity index is 1.89. The number of rotatable bonds is 4. The van der Waals surface area contributed by atoms with Crippen LogP contribution in [0.1, 0.15) is 15.9 Å². The molecule has 0 spiro atoms. The molecule has 7 nitrogen and oxygen atoms in total. The van der Waals surface area contributed by atoms with Crippen molar-refractivity contribution in [1.82, 2.24) is 19.9 Å². The summed E-state index contributed by atoms with van der Waals surface area (Å²) >= 11 is 5.21. The van der Waals surface area contributed by atoms with Crippen LogP contribution in [0.15, 0.2) is 53.9 Å². The van der Waals surface area contributed by atoms with Crippen molar-refractivity contribution < 1.29 is 9.53 Å². The molecule has 0 aliphatic heterocycles. The lowest BCUT2D eigenvalue weighted by molar-refractivity contribution is 0.0600. The van der Waals surface area contributed by atoms with Gasteiger partial charge < -0.3 is 4.74 Å². The lowest BCUT2D eigenvalue weighted by Gasteiger charge is -2.01. The van der Waals surface area contributed by atoms with Crippen LogP contribution >= 0.6 is 12.2 Å². The van der Waals surface area contributed by atoms with Crippen molar-refractivity contribution in [2.75, 3.05) is 7.11 Å². The summed E-state index contributed by atoms with van der Waals surface area (Å²) in [5, 5.41) is 11.3. The number of carbonyl (C=O) groups is 1. The molecule has 0 saturated heterocycles. The molecule has 120 valence electrons. The molecule has 1 aromatic carbocycles. The van der Waals surface area contributed by atoms with Crippen molar-refractivity contribution in [3.63, 3.8) is 0 Å². The second kappa shape index (κ2) is 6.97. The molecule has 0 atom stereocenters. The van der Waals surface area contributed by atoms with E-state index in [4.69, 9.17) is 12.2 Å². The number of aromatic nitrogens is 4. The molecule has 0 unspecified atom stereocenters. The van der Waals surface area contributed by atoms with Gasteiger partial charge >= 0.3 is 5.97 Å². The molecule has 2 heterocycles. The summed E-state index contributed by atoms with van der Waals surface area (Å²) < 4.78 is 6.55. The molecular formula is C16H13N5O2S. The lowest BCUT2D eigenvalue weighted by Crippen LogP contribution is -2.01. The minimum Gasteiger partial charge on any atom is -0.465 e. The second-order valence-corrected chi connectivity index (χ2v) is 5.15. The Labute approximate surface area is 142 Å². The Morgan fingerprint density at radius 2 is 2.12 bits per heavy atom. The zero-order valence-electron chi connectivity index (χ0n) is 12.7. The number of aromatic amines is 1. The third-order valence-corrected chi connectivity index (χ3v) is 3.49. The molecule has 0 saturated carbocycles. The van der Waals surface area contributed by atoms with E-state index in [2.05, 4.69) is 25.0 Å². The monoisotopic (exact) mass is 339 g/mol. The number of benzene rings is 1. The Bertz CT molecular complexity index is 929. The number of H-pyrrole nitrogens is 1. The molecule has 24 heavy (non-hydrogen) atoms. The Kier molecular flexibility index (Phi) is 4.57. The van der Waals surface area contributed by atoms with Crippen molar-refractivity contribution >= 4 is 24.4 Å². The van der Waals surface area contributed by atoms with E-state index in [0.717, 1.165) is 11.1 Å². The average molecular weight is 339 g/mol. The molecule has 3 rings (SSSR count). The van der Waals surface area contributed by atoms with Crippen LogP contribution in [0.3, 0.4) is 0 Å². The van der Waals surface area contributed by atoms with Gasteiger partial charge in [0.05, 0.1) is 18.9 Å². The van der Waals surface area contributed by atoms with Crippen molar-refractivity contribution in [3.8, 4) is 11.4 Å². The highest BCUT2D eigenvalue weighted by Crippen LogP contribution is 2.15. The number of carbonyl (C=O) groups excluding carboxylic acids is 1. The highest BCUT2D eigenvalue weighted by molar-refractivity contribution is 7.71. The van der Waals surface area contributed by atoms with Crippen LogP contribution in [0.4, 0.5) is 0 Å². The number of ether oxygens (including phenoxy) is 1. The van der Waals surface area contributed by atoms with Gasteiger partial charge in [-0.1, -0.05) is 12.1 Å². The van der Waals surface area contributed by atoms with E-state index in [0.29, 0.717) is 16.2 Å². The standard InChI is InChI=1S/C16H13N5O2S/c1-23-15(22)12-6-4-11(5-7-12)9-18-21-14(19-20-16(21)24)13-3-2-8-17-10-13/h2-10H,1H3,(H,20,24)/b18-9-. The van der Waals surface area contributed by atoms with Crippen molar-refractivity contribution in [1.29, 1.82) is 0 Å². The minimum absolute atomic E-state index is 0.372. The molecule has 8 heteroatoms. The highest BCUT2D eigenvalue weighted by atomic mass is 32.1. The van der Waals surface area contributed by atoms with Gasteiger partial charge in [-0.15, -0.1) is 0 Å². The van der Waals surface area contributed by atoms with Gasteiger partial charge in [-0.2, -0.15) is 14.9 Å². The van der Waals surface area contributed by atoms with Crippen LogP contribution in [0.2, 0.25) is 0 Å². The molecule has 1 N–H and O–H groups in total. The smallest absolute Gasteiger partial charge is 0.337 e. The molecule has 0 fully saturated rings. The van der Waals surface area contributed by atoms with E-state index >= 15 is 0 Å². The summed E-state index contributed by atoms with van der Waals surface area (Å²) in [5.41, 5.74) is 2.08. The highest BCUT2D eigenvalue weighted by Gasteiger charge is 2.08. The van der Waals surface area contributed by atoms with Crippen LogP contribution < -0.4 is 0 Å². The van der Waals surface area contributed by atoms with Gasteiger partial charge in [0.15, 0.2) is 5.82 Å². The number of nitrogens with zero attached hydrogens (tertiary/aromatic N) is 4. The zero-order chi connectivity index (χ0) is 16.9. The van der Waals surface area contributed by atoms with E-state index in [9.17, 15) is 4.79 Å². The molecule has 0 aliphatic carbocycles. The van der Waals surface area contributed by atoms with Gasteiger partial charge in [-0.25, -0.2) is 9.89 Å². The summed E-state index contributed by atoms with van der Waals surface area (Å²) in [6, 6.07) is 10.6. The van der Waals surface area contributed by atoms with Crippen LogP contribution in [0, 0.1) is 4.77 Å². The van der Waals surface area contributed by atoms with Gasteiger partial charge in [-0.3, -0.25) is 4.98 Å². The second-order valence-electron chi connectivity index (χ2n) is 4.76. The van der Waals surface area contributed by atoms with Crippen LogP contribution in [-0.2, 0) is 4.74 Å². The fourth-order valence-corrected chi connectivity index (χ4v) is 2.21. The van der Waals surface area contributed by atoms with Gasteiger partial charge in [0.2, 0.25) is 4.77 Å². The maximum Gasteiger partial charge on any atom is 0.337 e. The summed E-state index contributed by atoms with van der Waals surface area (Å²) in [7, 11) is 1.35. The van der Waals surface area contributed by atoms with Gasteiger partial charge in [0, 0.05) is 18.0 Å². The van der Waals surface area contributed by atoms with Gasteiger partial charge in [0.25, 0.3) is 0 Å². The quantitative estimate of drug-likeness (QED) is 0.449. The summed E-state index contributed by atoms with van der Waals surface area (Å²) in [4.78, 5) is 15.5. The Hall–Kier alpha value is -3.13. The molecule has 0 radical (unpaired) electrons. The number of esters is 1. The molecule has 0 bridgehead atoms. The molecule has 0 amide bonds. The number of pyridine rings is 1. The number of methoxy groups -OCH3 is 1. The van der Waals surface area contributed by atoms with Gasteiger partial charge in [0.1, 0.15) is 0 Å².